The minimum absolute atomic E-state index is 0.0262. The maximum atomic E-state index is 13.0. The number of aryl methyl sites for hydroxylation is 1. The summed E-state index contributed by atoms with van der Waals surface area (Å²) in [6, 6.07) is 9.26. The van der Waals surface area contributed by atoms with Gasteiger partial charge in [-0.15, -0.1) is 0 Å². The van der Waals surface area contributed by atoms with E-state index in [0.29, 0.717) is 49.4 Å². The first kappa shape index (κ1) is 26.6. The number of halogens is 3. The van der Waals surface area contributed by atoms with Gasteiger partial charge in [-0.05, 0) is 42.8 Å². The first-order valence-electron chi connectivity index (χ1n) is 11.7. The molecule has 12 heteroatoms. The van der Waals surface area contributed by atoms with Crippen molar-refractivity contribution < 1.29 is 22.7 Å². The van der Waals surface area contributed by atoms with E-state index < -0.39 is 17.6 Å². The monoisotopic (exact) mass is 525 g/mol. The summed E-state index contributed by atoms with van der Waals surface area (Å²) in [5, 5.41) is 5.59. The van der Waals surface area contributed by atoms with Gasteiger partial charge in [-0.2, -0.15) is 13.2 Å². The summed E-state index contributed by atoms with van der Waals surface area (Å²) < 4.78 is 44.5. The van der Waals surface area contributed by atoms with E-state index in [2.05, 4.69) is 32.2 Å². The summed E-state index contributed by atoms with van der Waals surface area (Å²) in [5.41, 5.74) is 7.82. The van der Waals surface area contributed by atoms with Crippen molar-refractivity contribution in [2.45, 2.75) is 13.1 Å². The predicted octanol–water partition coefficient (Wildman–Crippen LogP) is 4.16. The van der Waals surface area contributed by atoms with E-state index in [0.717, 1.165) is 17.7 Å². The number of allylic oxidation sites excluding steroid dienone is 1. The number of nitrogens with two attached hydrogens (primary N) is 1. The number of carbonyl (C=O) groups is 1. The Morgan fingerprint density at radius 1 is 1.18 bits per heavy atom. The van der Waals surface area contributed by atoms with E-state index in [-0.39, 0.29) is 17.1 Å². The fourth-order valence-electron chi connectivity index (χ4n) is 3.75. The highest BCUT2D eigenvalue weighted by Gasteiger charge is 2.30. The van der Waals surface area contributed by atoms with Crippen LogP contribution in [0.15, 0.2) is 81.7 Å². The average Bonchev–Trinajstić information content (AvgIpc) is 2.90. The molecule has 0 aliphatic carbocycles. The molecule has 198 valence electrons. The number of morpholine rings is 1. The predicted molar refractivity (Wildman–Crippen MR) is 141 cm³/mol. The van der Waals surface area contributed by atoms with Crippen LogP contribution >= 0.6 is 0 Å². The molecule has 0 saturated carbocycles. The number of hydrogen-bond donors (Lipinski definition) is 3. The number of ether oxygens (including phenoxy) is 1. The molecule has 2 aliphatic rings. The Morgan fingerprint density at radius 2 is 1.95 bits per heavy atom. The topological polar surface area (TPSA) is 117 Å². The van der Waals surface area contributed by atoms with E-state index in [9.17, 15) is 18.0 Å². The molecular formula is C26H26F3N7O2. The lowest BCUT2D eigenvalue weighted by atomic mass is 10.1. The second-order valence-corrected chi connectivity index (χ2v) is 8.42. The summed E-state index contributed by atoms with van der Waals surface area (Å²) in [5.74, 6) is 0.0629. The maximum absolute atomic E-state index is 13.0. The smallest absolute Gasteiger partial charge is 0.383 e. The van der Waals surface area contributed by atoms with Gasteiger partial charge in [0.25, 0.3) is 5.91 Å². The van der Waals surface area contributed by atoms with E-state index in [1.54, 1.807) is 24.4 Å². The van der Waals surface area contributed by atoms with Crippen molar-refractivity contribution in [1.82, 2.24) is 4.90 Å². The average molecular weight is 526 g/mol. The molecule has 0 aromatic heterocycles. The van der Waals surface area contributed by atoms with Crippen LogP contribution in [0.3, 0.4) is 0 Å². The molecule has 0 atom stereocenters. The second-order valence-electron chi connectivity index (χ2n) is 8.42. The number of nitrogens with one attached hydrogen (secondary N) is 2. The Bertz CT molecular complexity index is 1360. The number of benzene rings is 2. The fraction of sp³-hybridized carbons (Fsp3) is 0.231. The van der Waals surface area contributed by atoms with E-state index >= 15 is 0 Å². The summed E-state index contributed by atoms with van der Waals surface area (Å²) in [6.45, 7) is 7.82. The molecule has 4 N–H and O–H groups in total. The van der Waals surface area contributed by atoms with Crippen LogP contribution in [-0.2, 0) is 10.9 Å². The number of alkyl halides is 3. The Labute approximate surface area is 217 Å². The van der Waals surface area contributed by atoms with Crippen LogP contribution in [0, 0.1) is 6.92 Å². The van der Waals surface area contributed by atoms with Crippen molar-refractivity contribution in [3.63, 3.8) is 0 Å². The molecule has 0 spiro atoms. The molecule has 2 aliphatic heterocycles. The van der Waals surface area contributed by atoms with Crippen molar-refractivity contribution in [3.8, 4) is 0 Å². The quantitative estimate of drug-likeness (QED) is 0.542. The van der Waals surface area contributed by atoms with Gasteiger partial charge in [-0.1, -0.05) is 18.7 Å². The van der Waals surface area contributed by atoms with Gasteiger partial charge in [0.15, 0.2) is 0 Å². The lowest BCUT2D eigenvalue weighted by molar-refractivity contribution is -0.137. The Morgan fingerprint density at radius 3 is 2.66 bits per heavy atom. The molecule has 2 aromatic rings. The first-order chi connectivity index (χ1) is 18.2. The third-order valence-electron chi connectivity index (χ3n) is 5.75. The zero-order valence-corrected chi connectivity index (χ0v) is 20.5. The number of nitrogens with zero attached hydrogens (tertiary/aromatic N) is 4. The molecule has 1 fully saturated rings. The van der Waals surface area contributed by atoms with E-state index in [1.165, 1.54) is 18.3 Å². The summed E-state index contributed by atoms with van der Waals surface area (Å²) in [4.78, 5) is 28.0. The van der Waals surface area contributed by atoms with Crippen molar-refractivity contribution in [3.05, 3.63) is 83.5 Å². The maximum Gasteiger partial charge on any atom is 0.416 e. The molecule has 0 radical (unpaired) electrons. The SMILES string of the molecule is C=C/N=C1/C=NC(N2CCOCC2)=N/C1=C(/N)Nc1cc(C(=O)Nc2cccc(C(F)(F)F)c2)ccc1C. The van der Waals surface area contributed by atoms with Gasteiger partial charge >= 0.3 is 6.18 Å². The van der Waals surface area contributed by atoms with Crippen molar-refractivity contribution in [2.24, 2.45) is 20.7 Å². The summed E-state index contributed by atoms with van der Waals surface area (Å²) >= 11 is 0. The van der Waals surface area contributed by atoms with Crippen LogP contribution in [0.5, 0.6) is 0 Å². The molecule has 9 nitrogen and oxygen atoms in total. The molecule has 0 bridgehead atoms. The van der Waals surface area contributed by atoms with Gasteiger partial charge < -0.3 is 26.0 Å². The van der Waals surface area contributed by atoms with Crippen molar-refractivity contribution in [2.75, 3.05) is 36.9 Å². The standard InChI is InChI=1S/C26H26F3N7O2/c1-3-31-21-15-32-25(36-9-11-38-12-10-36)35-22(21)23(30)34-20-13-17(8-7-16(20)2)24(37)33-19-6-4-5-18(14-19)26(27,28)29/h3-8,13-15,34H,1,9-12,30H2,2H3,(H,33,37)/b23-22-,31-21-. The lowest BCUT2D eigenvalue weighted by Crippen LogP contribution is -2.41. The van der Waals surface area contributed by atoms with Crippen molar-refractivity contribution in [1.29, 1.82) is 0 Å². The highest BCUT2D eigenvalue weighted by Crippen LogP contribution is 2.31. The molecule has 0 unspecified atom stereocenters. The van der Waals surface area contributed by atoms with E-state index in [4.69, 9.17) is 10.5 Å². The minimum Gasteiger partial charge on any atom is -0.383 e. The zero-order valence-electron chi connectivity index (χ0n) is 20.5. The number of carbonyl (C=O) groups excluding carboxylic acids is 1. The number of amides is 1. The molecule has 1 amide bonds. The molecule has 1 saturated heterocycles. The van der Waals surface area contributed by atoms with Crippen LogP contribution in [0.2, 0.25) is 0 Å². The number of hydrogen-bond acceptors (Lipinski definition) is 8. The molecule has 2 aromatic carbocycles. The Balaban J connectivity index is 1.59. The Hall–Kier alpha value is -4.45. The van der Waals surface area contributed by atoms with Gasteiger partial charge in [0.05, 0.1) is 25.0 Å². The lowest BCUT2D eigenvalue weighted by Gasteiger charge is -2.29. The van der Waals surface area contributed by atoms with Gasteiger partial charge in [0.1, 0.15) is 17.2 Å². The van der Waals surface area contributed by atoms with Gasteiger partial charge in [0, 0.05) is 36.2 Å². The molecular weight excluding hydrogens is 499 g/mol. The van der Waals surface area contributed by atoms with Crippen LogP contribution < -0.4 is 16.4 Å². The summed E-state index contributed by atoms with van der Waals surface area (Å²) in [7, 11) is 0. The van der Waals surface area contributed by atoms with Crippen LogP contribution in [0.4, 0.5) is 24.5 Å². The van der Waals surface area contributed by atoms with E-state index in [1.807, 2.05) is 11.8 Å². The van der Waals surface area contributed by atoms with Crippen LogP contribution in [-0.4, -0.2) is 55.0 Å². The van der Waals surface area contributed by atoms with Crippen LogP contribution in [0.25, 0.3) is 0 Å². The van der Waals surface area contributed by atoms with Gasteiger partial charge in [0.2, 0.25) is 5.96 Å². The number of anilines is 2. The second kappa shape index (κ2) is 11.3. The molecule has 38 heavy (non-hydrogen) atoms. The third kappa shape index (κ3) is 6.27. The van der Waals surface area contributed by atoms with Gasteiger partial charge in [-0.25, -0.2) is 9.98 Å². The largest absolute Gasteiger partial charge is 0.416 e. The highest BCUT2D eigenvalue weighted by molar-refractivity contribution is 6.41. The number of aliphatic imine (C=N–C) groups is 3. The number of rotatable bonds is 5. The third-order valence-corrected chi connectivity index (χ3v) is 5.75. The first-order valence-corrected chi connectivity index (χ1v) is 11.7. The summed E-state index contributed by atoms with van der Waals surface area (Å²) in [6.07, 6.45) is -1.61. The normalized spacial score (nSPS) is 18.2. The minimum atomic E-state index is -4.52. The zero-order chi connectivity index (χ0) is 27.3. The van der Waals surface area contributed by atoms with Crippen LogP contribution in [0.1, 0.15) is 21.5 Å². The van der Waals surface area contributed by atoms with Crippen molar-refractivity contribution >= 4 is 35.2 Å². The Kier molecular flexibility index (Phi) is 7.91. The number of guanidine groups is 1. The highest BCUT2D eigenvalue weighted by atomic mass is 19.4. The molecule has 4 rings (SSSR count). The molecule has 2 heterocycles. The van der Waals surface area contributed by atoms with Gasteiger partial charge in [-0.3, -0.25) is 9.79 Å². The fourth-order valence-corrected chi connectivity index (χ4v) is 3.75.